The summed E-state index contributed by atoms with van der Waals surface area (Å²) in [4.78, 5) is 14.9. The van der Waals surface area contributed by atoms with Crippen molar-refractivity contribution in [1.82, 2.24) is 9.47 Å². The van der Waals surface area contributed by atoms with Crippen LogP contribution in [0.4, 0.5) is 0 Å². The minimum absolute atomic E-state index is 0.166. The molecule has 1 aliphatic heterocycles. The number of hydrogen-bond donors (Lipinski definition) is 1. The van der Waals surface area contributed by atoms with Gasteiger partial charge in [0.15, 0.2) is 0 Å². The van der Waals surface area contributed by atoms with E-state index in [-0.39, 0.29) is 11.9 Å². The summed E-state index contributed by atoms with van der Waals surface area (Å²) in [5.74, 6) is 0.634. The van der Waals surface area contributed by atoms with Crippen LogP contribution in [-0.4, -0.2) is 34.5 Å². The maximum atomic E-state index is 12.9. The Kier molecular flexibility index (Phi) is 3.82. The lowest BCUT2D eigenvalue weighted by molar-refractivity contribution is 0.0660. The fraction of sp³-hybridized carbons (Fsp3) is 0.706. The number of aromatic nitrogens is 1. The first-order valence-electron chi connectivity index (χ1n) is 8.22. The van der Waals surface area contributed by atoms with Gasteiger partial charge in [-0.1, -0.05) is 0 Å². The number of piperidine rings is 1. The van der Waals surface area contributed by atoms with Crippen molar-refractivity contribution in [1.29, 1.82) is 0 Å². The molecule has 1 aliphatic carbocycles. The predicted molar refractivity (Wildman–Crippen MR) is 84.5 cm³/mol. The van der Waals surface area contributed by atoms with Crippen molar-refractivity contribution in [3.8, 4) is 0 Å². The van der Waals surface area contributed by atoms with Gasteiger partial charge in [-0.25, -0.2) is 0 Å². The topological polar surface area (TPSA) is 51.3 Å². The van der Waals surface area contributed by atoms with E-state index in [9.17, 15) is 4.79 Å². The van der Waals surface area contributed by atoms with Gasteiger partial charge >= 0.3 is 0 Å². The first kappa shape index (κ1) is 14.6. The van der Waals surface area contributed by atoms with E-state index in [0.717, 1.165) is 37.2 Å². The van der Waals surface area contributed by atoms with Crippen LogP contribution in [-0.2, 0) is 0 Å². The van der Waals surface area contributed by atoms with E-state index in [0.29, 0.717) is 12.0 Å². The van der Waals surface area contributed by atoms with Crippen LogP contribution in [0.25, 0.3) is 0 Å². The van der Waals surface area contributed by atoms with Crippen molar-refractivity contribution in [2.45, 2.75) is 58.5 Å². The van der Waals surface area contributed by atoms with Crippen LogP contribution in [0.2, 0.25) is 0 Å². The van der Waals surface area contributed by atoms with Crippen LogP contribution >= 0.6 is 0 Å². The molecule has 21 heavy (non-hydrogen) atoms. The Hall–Kier alpha value is -1.29. The lowest BCUT2D eigenvalue weighted by Crippen LogP contribution is -2.45. The Morgan fingerprint density at radius 3 is 2.67 bits per heavy atom. The molecule has 0 bridgehead atoms. The minimum Gasteiger partial charge on any atom is -0.345 e. The minimum atomic E-state index is 0.166. The molecule has 0 spiro atoms. The molecule has 4 heteroatoms. The van der Waals surface area contributed by atoms with Crippen molar-refractivity contribution in [2.75, 3.05) is 13.1 Å². The van der Waals surface area contributed by atoms with Crippen LogP contribution in [0.5, 0.6) is 0 Å². The second kappa shape index (κ2) is 5.48. The molecule has 0 unspecified atom stereocenters. The Morgan fingerprint density at radius 2 is 2.05 bits per heavy atom. The number of nitrogens with two attached hydrogens (primary N) is 1. The zero-order valence-electron chi connectivity index (χ0n) is 13.4. The molecule has 4 nitrogen and oxygen atoms in total. The van der Waals surface area contributed by atoms with Crippen LogP contribution in [0.3, 0.4) is 0 Å². The highest BCUT2D eigenvalue weighted by molar-refractivity contribution is 5.95. The zero-order chi connectivity index (χ0) is 15.1. The van der Waals surface area contributed by atoms with Crippen LogP contribution in [0.1, 0.15) is 60.4 Å². The summed E-state index contributed by atoms with van der Waals surface area (Å²) < 4.78 is 2.35. The van der Waals surface area contributed by atoms with Crippen molar-refractivity contribution < 1.29 is 4.79 Å². The van der Waals surface area contributed by atoms with Gasteiger partial charge in [-0.2, -0.15) is 0 Å². The molecule has 0 aromatic carbocycles. The summed E-state index contributed by atoms with van der Waals surface area (Å²) in [7, 11) is 0. The standard InChI is InChI=1S/C17H27N3O/c1-11-9-16(13(3)20(11)15-6-7-15)17(21)19-8-4-5-14(10-19)12(2)18/h9,12,14-15H,4-8,10,18H2,1-3H3/t12-,14-/m0/s1. The number of rotatable bonds is 3. The third kappa shape index (κ3) is 2.73. The van der Waals surface area contributed by atoms with Gasteiger partial charge in [-0.05, 0) is 58.4 Å². The predicted octanol–water partition coefficient (Wildman–Crippen LogP) is 2.64. The summed E-state index contributed by atoms with van der Waals surface area (Å²) in [5.41, 5.74) is 9.29. The summed E-state index contributed by atoms with van der Waals surface area (Å²) in [6.07, 6.45) is 4.71. The average Bonchev–Trinajstić information content (AvgIpc) is 3.24. The number of carbonyl (C=O) groups excluding carboxylic acids is 1. The van der Waals surface area contributed by atoms with Crippen molar-refractivity contribution in [3.63, 3.8) is 0 Å². The number of hydrogen-bond acceptors (Lipinski definition) is 2. The summed E-state index contributed by atoms with van der Waals surface area (Å²) in [5, 5.41) is 0. The number of nitrogens with zero attached hydrogens (tertiary/aromatic N) is 2. The Morgan fingerprint density at radius 1 is 1.33 bits per heavy atom. The smallest absolute Gasteiger partial charge is 0.255 e. The largest absolute Gasteiger partial charge is 0.345 e. The molecule has 1 saturated heterocycles. The Balaban J connectivity index is 1.80. The normalized spacial score (nSPS) is 24.2. The van der Waals surface area contributed by atoms with Gasteiger partial charge in [0.1, 0.15) is 0 Å². The molecular weight excluding hydrogens is 262 g/mol. The van der Waals surface area contributed by atoms with Gasteiger partial charge in [0, 0.05) is 36.6 Å². The third-order valence-electron chi connectivity index (χ3n) is 5.12. The molecule has 2 N–H and O–H groups in total. The van der Waals surface area contributed by atoms with E-state index >= 15 is 0 Å². The van der Waals surface area contributed by atoms with Gasteiger partial charge in [0.25, 0.3) is 5.91 Å². The molecule has 0 radical (unpaired) electrons. The van der Waals surface area contributed by atoms with Crippen LogP contribution < -0.4 is 5.73 Å². The molecule has 2 atom stereocenters. The number of amides is 1. The van der Waals surface area contributed by atoms with E-state index in [4.69, 9.17) is 5.73 Å². The third-order valence-corrected chi connectivity index (χ3v) is 5.12. The molecule has 1 aromatic rings. The van der Waals surface area contributed by atoms with E-state index in [1.165, 1.54) is 18.5 Å². The van der Waals surface area contributed by atoms with Crippen molar-refractivity contribution in [3.05, 3.63) is 23.0 Å². The molecular formula is C17H27N3O. The van der Waals surface area contributed by atoms with Gasteiger partial charge < -0.3 is 15.2 Å². The molecule has 1 aromatic heterocycles. The van der Waals surface area contributed by atoms with Gasteiger partial charge in [0.2, 0.25) is 0 Å². The maximum absolute atomic E-state index is 12.9. The van der Waals surface area contributed by atoms with Gasteiger partial charge in [0.05, 0.1) is 5.56 Å². The summed E-state index contributed by atoms with van der Waals surface area (Å²) in [6, 6.07) is 2.87. The molecule has 2 heterocycles. The molecule has 1 amide bonds. The summed E-state index contributed by atoms with van der Waals surface area (Å²) >= 11 is 0. The van der Waals surface area contributed by atoms with Crippen LogP contribution in [0.15, 0.2) is 6.07 Å². The highest BCUT2D eigenvalue weighted by Gasteiger charge is 2.31. The first-order valence-corrected chi connectivity index (χ1v) is 8.22. The monoisotopic (exact) mass is 289 g/mol. The van der Waals surface area contributed by atoms with Crippen molar-refractivity contribution in [2.24, 2.45) is 11.7 Å². The van der Waals surface area contributed by atoms with Crippen molar-refractivity contribution >= 4 is 5.91 Å². The molecule has 116 valence electrons. The quantitative estimate of drug-likeness (QED) is 0.930. The molecule has 1 saturated carbocycles. The fourth-order valence-electron chi connectivity index (χ4n) is 3.68. The lowest BCUT2D eigenvalue weighted by Gasteiger charge is -2.34. The number of carbonyl (C=O) groups is 1. The van der Waals surface area contributed by atoms with E-state index in [2.05, 4.69) is 31.4 Å². The first-order chi connectivity index (χ1) is 9.99. The highest BCUT2D eigenvalue weighted by Crippen LogP contribution is 2.38. The second-order valence-electron chi connectivity index (χ2n) is 6.90. The maximum Gasteiger partial charge on any atom is 0.255 e. The average molecular weight is 289 g/mol. The van der Waals surface area contributed by atoms with Gasteiger partial charge in [-0.3, -0.25) is 4.79 Å². The van der Waals surface area contributed by atoms with E-state index < -0.39 is 0 Å². The number of likely N-dealkylation sites (tertiary alicyclic amines) is 1. The molecule has 2 fully saturated rings. The van der Waals surface area contributed by atoms with Gasteiger partial charge in [-0.15, -0.1) is 0 Å². The van der Waals surface area contributed by atoms with E-state index in [1.54, 1.807) is 0 Å². The highest BCUT2D eigenvalue weighted by atomic mass is 16.2. The summed E-state index contributed by atoms with van der Waals surface area (Å²) in [6.45, 7) is 7.94. The zero-order valence-corrected chi connectivity index (χ0v) is 13.4. The van der Waals surface area contributed by atoms with E-state index in [1.807, 2.05) is 4.90 Å². The lowest BCUT2D eigenvalue weighted by atomic mass is 9.92. The molecule has 2 aliphatic rings. The Bertz CT molecular complexity index is 542. The SMILES string of the molecule is Cc1cc(C(=O)N2CCC[C@H]([C@H](C)N)C2)c(C)n1C1CC1. The Labute approximate surface area is 127 Å². The number of aryl methyl sites for hydroxylation is 1. The second-order valence-corrected chi connectivity index (χ2v) is 6.90. The molecule has 3 rings (SSSR count). The fourth-order valence-corrected chi connectivity index (χ4v) is 3.68. The van der Waals surface area contributed by atoms with Crippen LogP contribution in [0, 0.1) is 19.8 Å².